The third kappa shape index (κ3) is 5.72. The average Bonchev–Trinajstić information content (AvgIpc) is 2.57. The van der Waals surface area contributed by atoms with Crippen LogP contribution < -0.4 is 14.8 Å². The molecule has 2 N–H and O–H groups in total. The summed E-state index contributed by atoms with van der Waals surface area (Å²) in [4.78, 5) is 1.85. The zero-order valence-corrected chi connectivity index (χ0v) is 16.3. The fourth-order valence-corrected chi connectivity index (χ4v) is 3.53. The maximum Gasteiger partial charge on any atom is 0.238 e. The Morgan fingerprint density at radius 1 is 1.00 bits per heavy atom. The van der Waals surface area contributed by atoms with Gasteiger partial charge in [-0.05, 0) is 30.3 Å². The van der Waals surface area contributed by atoms with Crippen molar-refractivity contribution >= 4 is 25.5 Å². The lowest BCUT2D eigenvalue weighted by Crippen LogP contribution is -2.29. The van der Waals surface area contributed by atoms with Crippen molar-refractivity contribution in [2.45, 2.75) is 11.4 Å². The van der Waals surface area contributed by atoms with Crippen LogP contribution in [0.2, 0.25) is 0 Å². The van der Waals surface area contributed by atoms with Crippen LogP contribution in [0, 0.1) is 0 Å². The molecule has 0 bridgehead atoms. The molecule has 2 aromatic carbocycles. The minimum atomic E-state index is -3.78. The van der Waals surface area contributed by atoms with E-state index in [-0.39, 0.29) is 17.2 Å². The summed E-state index contributed by atoms with van der Waals surface area (Å²) in [5.74, 6) is 0.664. The molecule has 2 aromatic rings. The van der Waals surface area contributed by atoms with Gasteiger partial charge in [-0.25, -0.2) is 22.0 Å². The maximum atomic E-state index is 11.6. The molecule has 0 fully saturated rings. The van der Waals surface area contributed by atoms with Crippen LogP contribution in [0.15, 0.2) is 53.4 Å². The van der Waals surface area contributed by atoms with E-state index in [0.717, 1.165) is 5.56 Å². The van der Waals surface area contributed by atoms with Gasteiger partial charge in [0.1, 0.15) is 15.6 Å². The Hall–Kier alpha value is -2.10. The standard InChI is InChI=1S/C17H22N2O5S2/c1-24-17-6-4-3-5-14(17)13-19(11-12-25(2,20)21)15-7-9-16(10-8-15)26(18,22)23/h3-10H,11-13H2,1-2H3,(H2,18,22,23). The van der Waals surface area contributed by atoms with Crippen LogP contribution in [0.25, 0.3) is 0 Å². The van der Waals surface area contributed by atoms with Crippen LogP contribution in [0.3, 0.4) is 0 Å². The molecule has 0 aliphatic rings. The van der Waals surface area contributed by atoms with Crippen LogP contribution in [-0.4, -0.2) is 42.5 Å². The Bertz CT molecular complexity index is 955. The monoisotopic (exact) mass is 398 g/mol. The molecule has 0 amide bonds. The van der Waals surface area contributed by atoms with Crippen molar-refractivity contribution in [1.82, 2.24) is 0 Å². The van der Waals surface area contributed by atoms with Gasteiger partial charge in [-0.2, -0.15) is 0 Å². The number of sulfone groups is 1. The molecule has 9 heteroatoms. The second-order valence-electron chi connectivity index (χ2n) is 5.90. The molecule has 0 aromatic heterocycles. The molecule has 0 atom stereocenters. The van der Waals surface area contributed by atoms with Crippen LogP contribution in [0.1, 0.15) is 5.56 Å². The minimum absolute atomic E-state index is 0.00149. The van der Waals surface area contributed by atoms with Gasteiger partial charge in [0.25, 0.3) is 0 Å². The number of anilines is 1. The molecule has 0 saturated carbocycles. The van der Waals surface area contributed by atoms with Gasteiger partial charge in [0.15, 0.2) is 0 Å². The molecule has 26 heavy (non-hydrogen) atoms. The number of rotatable bonds is 8. The smallest absolute Gasteiger partial charge is 0.238 e. The third-order valence-corrected chi connectivity index (χ3v) is 5.67. The van der Waals surface area contributed by atoms with Crippen LogP contribution in [0.5, 0.6) is 5.75 Å². The fraction of sp³-hybridized carbons (Fsp3) is 0.294. The first kappa shape index (κ1) is 20.2. The summed E-state index contributed by atoms with van der Waals surface area (Å²) in [5, 5.41) is 5.12. The number of methoxy groups -OCH3 is 1. The molecule has 0 heterocycles. The Morgan fingerprint density at radius 2 is 1.62 bits per heavy atom. The van der Waals surface area contributed by atoms with Gasteiger partial charge in [0.2, 0.25) is 10.0 Å². The lowest BCUT2D eigenvalue weighted by atomic mass is 10.1. The molecule has 142 valence electrons. The number of nitrogens with zero attached hydrogens (tertiary/aromatic N) is 1. The van der Waals surface area contributed by atoms with Crippen LogP contribution >= 0.6 is 0 Å². The molecule has 0 aliphatic carbocycles. The van der Waals surface area contributed by atoms with E-state index < -0.39 is 19.9 Å². The van der Waals surface area contributed by atoms with E-state index in [9.17, 15) is 16.8 Å². The summed E-state index contributed by atoms with van der Waals surface area (Å²) < 4.78 is 51.3. The first-order chi connectivity index (χ1) is 12.1. The second kappa shape index (κ2) is 8.07. The molecule has 0 unspecified atom stereocenters. The van der Waals surface area contributed by atoms with Crippen LogP contribution in [-0.2, 0) is 26.4 Å². The predicted octanol–water partition coefficient (Wildman–Crippen LogP) is 1.39. The van der Waals surface area contributed by atoms with Crippen molar-refractivity contribution in [3.05, 3.63) is 54.1 Å². The maximum absolute atomic E-state index is 11.6. The quantitative estimate of drug-likeness (QED) is 0.720. The molecule has 0 radical (unpaired) electrons. The van der Waals surface area contributed by atoms with E-state index >= 15 is 0 Å². The third-order valence-electron chi connectivity index (χ3n) is 3.82. The molecular weight excluding hydrogens is 376 g/mol. The summed E-state index contributed by atoms with van der Waals surface area (Å²) in [5.41, 5.74) is 1.57. The zero-order chi connectivity index (χ0) is 19.4. The van der Waals surface area contributed by atoms with Crippen molar-refractivity contribution < 1.29 is 21.6 Å². The van der Waals surface area contributed by atoms with E-state index in [4.69, 9.17) is 9.88 Å². The number of ether oxygens (including phenoxy) is 1. The fourth-order valence-electron chi connectivity index (χ4n) is 2.46. The van der Waals surface area contributed by atoms with E-state index in [1.807, 2.05) is 29.2 Å². The SMILES string of the molecule is COc1ccccc1CN(CCS(C)(=O)=O)c1ccc(S(N)(=O)=O)cc1. The largest absolute Gasteiger partial charge is 0.496 e. The van der Waals surface area contributed by atoms with Gasteiger partial charge in [0.05, 0.1) is 17.8 Å². The van der Waals surface area contributed by atoms with Gasteiger partial charge in [-0.15, -0.1) is 0 Å². The number of para-hydroxylation sites is 1. The van der Waals surface area contributed by atoms with Gasteiger partial charge >= 0.3 is 0 Å². The van der Waals surface area contributed by atoms with Gasteiger partial charge in [-0.1, -0.05) is 18.2 Å². The van der Waals surface area contributed by atoms with E-state index in [0.29, 0.717) is 18.0 Å². The number of benzene rings is 2. The van der Waals surface area contributed by atoms with Crippen LogP contribution in [0.4, 0.5) is 5.69 Å². The van der Waals surface area contributed by atoms with Crippen molar-refractivity contribution in [2.75, 3.05) is 30.6 Å². The number of hydrogen-bond acceptors (Lipinski definition) is 6. The lowest BCUT2D eigenvalue weighted by molar-refractivity contribution is 0.409. The first-order valence-corrected chi connectivity index (χ1v) is 11.4. The Labute approximate surface area is 154 Å². The number of hydrogen-bond donors (Lipinski definition) is 1. The summed E-state index contributed by atoms with van der Waals surface area (Å²) in [7, 11) is -5.37. The Kier molecular flexibility index (Phi) is 6.27. The molecular formula is C17H22N2O5S2. The molecule has 0 saturated heterocycles. The highest BCUT2D eigenvalue weighted by atomic mass is 32.2. The Morgan fingerprint density at radius 3 is 2.15 bits per heavy atom. The second-order valence-corrected chi connectivity index (χ2v) is 9.72. The topological polar surface area (TPSA) is 107 Å². The highest BCUT2D eigenvalue weighted by Crippen LogP contribution is 2.24. The molecule has 0 aliphatic heterocycles. The van der Waals surface area contributed by atoms with E-state index in [1.165, 1.54) is 18.4 Å². The summed E-state index contributed by atoms with van der Waals surface area (Å²) >= 11 is 0. The van der Waals surface area contributed by atoms with Gasteiger partial charge in [-0.3, -0.25) is 0 Å². The normalized spacial score (nSPS) is 12.0. The lowest BCUT2D eigenvalue weighted by Gasteiger charge is -2.25. The molecule has 7 nitrogen and oxygen atoms in total. The van der Waals surface area contributed by atoms with Gasteiger partial charge < -0.3 is 9.64 Å². The minimum Gasteiger partial charge on any atom is -0.496 e. The summed E-state index contributed by atoms with van der Waals surface area (Å²) in [6, 6.07) is 13.5. The zero-order valence-electron chi connectivity index (χ0n) is 14.6. The predicted molar refractivity (Wildman–Crippen MR) is 102 cm³/mol. The highest BCUT2D eigenvalue weighted by molar-refractivity contribution is 7.90. The molecule has 0 spiro atoms. The van der Waals surface area contributed by atoms with Crippen molar-refractivity contribution in [3.63, 3.8) is 0 Å². The van der Waals surface area contributed by atoms with E-state index in [2.05, 4.69) is 0 Å². The van der Waals surface area contributed by atoms with E-state index in [1.54, 1.807) is 19.2 Å². The number of nitrogens with two attached hydrogens (primary N) is 1. The van der Waals surface area contributed by atoms with Crippen molar-refractivity contribution in [1.29, 1.82) is 0 Å². The summed E-state index contributed by atoms with van der Waals surface area (Å²) in [6.07, 6.45) is 1.18. The van der Waals surface area contributed by atoms with Crippen molar-refractivity contribution in [3.8, 4) is 5.75 Å². The average molecular weight is 399 g/mol. The number of sulfonamides is 1. The molecule has 2 rings (SSSR count). The summed E-state index contributed by atoms with van der Waals surface area (Å²) in [6.45, 7) is 0.667. The highest BCUT2D eigenvalue weighted by Gasteiger charge is 2.15. The van der Waals surface area contributed by atoms with Crippen molar-refractivity contribution in [2.24, 2.45) is 5.14 Å². The van der Waals surface area contributed by atoms with Gasteiger partial charge in [0, 0.05) is 30.6 Å². The first-order valence-electron chi connectivity index (χ1n) is 7.77. The Balaban J connectivity index is 2.34. The number of primary sulfonamides is 1.